The van der Waals surface area contributed by atoms with Crippen LogP contribution in [0.3, 0.4) is 0 Å². The summed E-state index contributed by atoms with van der Waals surface area (Å²) in [5, 5.41) is 11.1. The van der Waals surface area contributed by atoms with Crippen LogP contribution < -0.4 is 4.80 Å². The highest BCUT2D eigenvalue weighted by atomic mass is 35.5. The number of halogens is 1. The van der Waals surface area contributed by atoms with Gasteiger partial charge in [-0.15, -0.1) is 11.3 Å². The van der Waals surface area contributed by atoms with Gasteiger partial charge in [0.15, 0.2) is 4.80 Å². The number of nitrogens with zero attached hydrogens (tertiary/aromatic N) is 4. The number of rotatable bonds is 5. The number of aromatic nitrogens is 1. The summed E-state index contributed by atoms with van der Waals surface area (Å²) in [5.41, 5.74) is 0.609. The molecule has 1 aliphatic rings. The number of hydrogen-bond donors (Lipinski definition) is 0. The normalized spacial score (nSPS) is 18.3. The minimum Gasteiger partial charge on any atom is -0.316 e. The van der Waals surface area contributed by atoms with Gasteiger partial charge in [-0.25, -0.2) is 8.42 Å². The average Bonchev–Trinajstić information content (AvgIpc) is 3.36. The van der Waals surface area contributed by atoms with E-state index in [4.69, 9.17) is 11.6 Å². The van der Waals surface area contributed by atoms with Gasteiger partial charge in [-0.2, -0.15) is 9.30 Å². The van der Waals surface area contributed by atoms with Gasteiger partial charge in [0.25, 0.3) is 21.6 Å². The third kappa shape index (κ3) is 4.37. The SMILES string of the molecule is CCn1c(=NC(=O)C2CCCN(S(=O)(=O)c3ccc(Cl)s3)C2)sc2ccc([N+](=O)[O-])cc21. The Hall–Kier alpha value is -2.12. The molecule has 1 aromatic carbocycles. The van der Waals surface area contributed by atoms with E-state index in [0.29, 0.717) is 40.6 Å². The maximum Gasteiger partial charge on any atom is 0.271 e. The standard InChI is InChI=1S/C19H19ClN4O5S3/c1-2-23-14-10-13(24(26)27)5-6-15(14)30-19(23)21-18(25)12-4-3-9-22(11-12)32(28,29)17-8-7-16(20)31-17/h5-8,10,12H,2-4,9,11H2,1H3. The maximum atomic E-state index is 13.0. The number of piperidine rings is 1. The number of fused-ring (bicyclic) bond motifs is 1. The molecule has 1 aliphatic heterocycles. The van der Waals surface area contributed by atoms with E-state index in [1.165, 1.54) is 39.9 Å². The molecule has 0 bridgehead atoms. The molecule has 3 aromatic rings. The van der Waals surface area contributed by atoms with Gasteiger partial charge in [0.2, 0.25) is 0 Å². The molecule has 170 valence electrons. The number of amides is 1. The summed E-state index contributed by atoms with van der Waals surface area (Å²) in [7, 11) is -3.72. The van der Waals surface area contributed by atoms with Crippen LogP contribution in [0.2, 0.25) is 4.34 Å². The van der Waals surface area contributed by atoms with Gasteiger partial charge >= 0.3 is 0 Å². The number of non-ortho nitro benzene ring substituents is 1. The van der Waals surface area contributed by atoms with Crippen LogP contribution in [0.15, 0.2) is 39.5 Å². The van der Waals surface area contributed by atoms with Crippen molar-refractivity contribution in [2.75, 3.05) is 13.1 Å². The zero-order valence-electron chi connectivity index (χ0n) is 16.9. The van der Waals surface area contributed by atoms with Crippen molar-refractivity contribution in [3.63, 3.8) is 0 Å². The number of thiazole rings is 1. The van der Waals surface area contributed by atoms with Crippen LogP contribution >= 0.6 is 34.3 Å². The molecule has 1 unspecified atom stereocenters. The summed E-state index contributed by atoms with van der Waals surface area (Å²) in [6.07, 6.45) is 1.10. The summed E-state index contributed by atoms with van der Waals surface area (Å²) in [4.78, 5) is 28.4. The molecule has 1 atom stereocenters. The van der Waals surface area contributed by atoms with Crippen molar-refractivity contribution in [2.45, 2.75) is 30.5 Å². The summed E-state index contributed by atoms with van der Waals surface area (Å²) in [6.45, 7) is 2.75. The molecule has 3 heterocycles. The number of hydrogen-bond acceptors (Lipinski definition) is 7. The number of carbonyl (C=O) groups is 1. The zero-order chi connectivity index (χ0) is 23.0. The Kier molecular flexibility index (Phi) is 6.50. The third-order valence-corrected chi connectivity index (χ3v) is 9.90. The van der Waals surface area contributed by atoms with E-state index < -0.39 is 26.8 Å². The molecular weight excluding hydrogens is 496 g/mol. The predicted molar refractivity (Wildman–Crippen MR) is 124 cm³/mol. The summed E-state index contributed by atoms with van der Waals surface area (Å²) in [5.74, 6) is -0.948. The lowest BCUT2D eigenvalue weighted by molar-refractivity contribution is -0.384. The number of sulfonamides is 1. The van der Waals surface area contributed by atoms with Gasteiger partial charge in [0.1, 0.15) is 4.21 Å². The maximum absolute atomic E-state index is 13.0. The Labute approximate surface area is 196 Å². The highest BCUT2D eigenvalue weighted by molar-refractivity contribution is 7.91. The van der Waals surface area contributed by atoms with Gasteiger partial charge in [0.05, 0.1) is 25.4 Å². The van der Waals surface area contributed by atoms with Crippen LogP contribution in [0.4, 0.5) is 5.69 Å². The van der Waals surface area contributed by atoms with Crippen LogP contribution in [0.25, 0.3) is 10.2 Å². The lowest BCUT2D eigenvalue weighted by atomic mass is 9.99. The Balaban J connectivity index is 1.63. The molecule has 0 saturated carbocycles. The van der Waals surface area contributed by atoms with Gasteiger partial charge < -0.3 is 4.57 Å². The molecule has 2 aromatic heterocycles. The Bertz CT molecular complexity index is 1380. The van der Waals surface area contributed by atoms with Crippen molar-refractivity contribution >= 4 is 66.1 Å². The minimum absolute atomic E-state index is 0.0304. The van der Waals surface area contributed by atoms with E-state index in [9.17, 15) is 23.3 Å². The fourth-order valence-electron chi connectivity index (χ4n) is 3.67. The van der Waals surface area contributed by atoms with E-state index in [0.717, 1.165) is 16.0 Å². The first kappa shape index (κ1) is 23.1. The van der Waals surface area contributed by atoms with Crippen LogP contribution in [-0.4, -0.2) is 41.2 Å². The van der Waals surface area contributed by atoms with Crippen LogP contribution in [0.5, 0.6) is 0 Å². The van der Waals surface area contributed by atoms with Crippen LogP contribution in [-0.2, 0) is 21.4 Å². The molecule has 0 N–H and O–H groups in total. The summed E-state index contributed by atoms with van der Waals surface area (Å²) >= 11 is 8.16. The number of benzene rings is 1. The molecule has 1 fully saturated rings. The van der Waals surface area contributed by atoms with E-state index >= 15 is 0 Å². The van der Waals surface area contributed by atoms with Crippen LogP contribution in [0, 0.1) is 16.0 Å². The predicted octanol–water partition coefficient (Wildman–Crippen LogP) is 3.87. The first-order valence-electron chi connectivity index (χ1n) is 9.82. The van der Waals surface area contributed by atoms with Gasteiger partial charge in [-0.3, -0.25) is 14.9 Å². The number of aryl methyl sites for hydroxylation is 1. The second-order valence-electron chi connectivity index (χ2n) is 7.25. The monoisotopic (exact) mass is 514 g/mol. The molecule has 32 heavy (non-hydrogen) atoms. The lowest BCUT2D eigenvalue weighted by Gasteiger charge is -2.29. The van der Waals surface area contributed by atoms with Crippen molar-refractivity contribution in [1.29, 1.82) is 0 Å². The van der Waals surface area contributed by atoms with Gasteiger partial charge in [0, 0.05) is 31.8 Å². The van der Waals surface area contributed by atoms with Crippen molar-refractivity contribution in [1.82, 2.24) is 8.87 Å². The van der Waals surface area contributed by atoms with Gasteiger partial charge in [-0.1, -0.05) is 22.9 Å². The first-order chi connectivity index (χ1) is 15.2. The Morgan fingerprint density at radius 3 is 2.75 bits per heavy atom. The molecular formula is C19H19ClN4O5S3. The average molecular weight is 515 g/mol. The lowest BCUT2D eigenvalue weighted by Crippen LogP contribution is -2.42. The molecule has 4 rings (SSSR count). The highest BCUT2D eigenvalue weighted by Gasteiger charge is 2.34. The van der Waals surface area contributed by atoms with Gasteiger partial charge in [-0.05, 0) is 38.0 Å². The molecule has 13 heteroatoms. The van der Waals surface area contributed by atoms with E-state index in [-0.39, 0.29) is 16.4 Å². The second-order valence-corrected chi connectivity index (χ2v) is 12.1. The number of carbonyl (C=O) groups excluding carboxylic acids is 1. The molecule has 0 radical (unpaired) electrons. The molecule has 1 amide bonds. The smallest absolute Gasteiger partial charge is 0.271 e. The third-order valence-electron chi connectivity index (χ3n) is 5.27. The topological polar surface area (TPSA) is 115 Å². The molecule has 1 saturated heterocycles. The van der Waals surface area contributed by atoms with Crippen molar-refractivity contribution in [3.8, 4) is 0 Å². The van der Waals surface area contributed by atoms with E-state index in [1.807, 2.05) is 6.92 Å². The quantitative estimate of drug-likeness (QED) is 0.378. The fraction of sp³-hybridized carbons (Fsp3) is 0.368. The van der Waals surface area contributed by atoms with Crippen LogP contribution in [0.1, 0.15) is 19.8 Å². The summed E-state index contributed by atoms with van der Waals surface area (Å²) < 4.78 is 30.2. The molecule has 9 nitrogen and oxygen atoms in total. The fourth-order valence-corrected chi connectivity index (χ4v) is 7.91. The minimum atomic E-state index is -3.72. The number of thiophene rings is 1. The second kappa shape index (κ2) is 9.02. The highest BCUT2D eigenvalue weighted by Crippen LogP contribution is 2.31. The number of nitro groups is 1. The van der Waals surface area contributed by atoms with E-state index in [1.54, 1.807) is 10.6 Å². The zero-order valence-corrected chi connectivity index (χ0v) is 20.1. The van der Waals surface area contributed by atoms with E-state index in [2.05, 4.69) is 4.99 Å². The van der Waals surface area contributed by atoms with Crippen molar-refractivity contribution in [2.24, 2.45) is 10.9 Å². The van der Waals surface area contributed by atoms with Crippen molar-refractivity contribution < 1.29 is 18.1 Å². The molecule has 0 aliphatic carbocycles. The summed E-state index contributed by atoms with van der Waals surface area (Å²) in [6, 6.07) is 7.55. The largest absolute Gasteiger partial charge is 0.316 e. The first-order valence-corrected chi connectivity index (χ1v) is 13.3. The Morgan fingerprint density at radius 1 is 1.31 bits per heavy atom. The number of nitro benzene ring substituents is 1. The Morgan fingerprint density at radius 2 is 2.09 bits per heavy atom. The van der Waals surface area contributed by atoms with Crippen molar-refractivity contribution in [3.05, 3.63) is 49.6 Å². The molecule has 0 spiro atoms.